The first-order valence-corrected chi connectivity index (χ1v) is 9.06. The zero-order valence-corrected chi connectivity index (χ0v) is 16.5. The molecule has 0 fully saturated rings. The number of β-amino-alcohol motifs (C(OH)–C–C–N with tert-alkyl or cyclic N) is 1. The van der Waals surface area contributed by atoms with Gasteiger partial charge >= 0.3 is 5.97 Å². The van der Waals surface area contributed by atoms with Crippen molar-refractivity contribution in [3.63, 3.8) is 0 Å². The van der Waals surface area contributed by atoms with Gasteiger partial charge in [0.1, 0.15) is 11.8 Å². The van der Waals surface area contributed by atoms with E-state index in [1.165, 1.54) is 6.07 Å². The fourth-order valence-corrected chi connectivity index (χ4v) is 2.09. The van der Waals surface area contributed by atoms with E-state index in [-0.39, 0.29) is 17.9 Å². The molecule has 0 spiro atoms. The normalized spacial score (nSPS) is 13.4. The van der Waals surface area contributed by atoms with E-state index in [9.17, 15) is 15.0 Å². The third-order valence-electron chi connectivity index (χ3n) is 3.77. The summed E-state index contributed by atoms with van der Waals surface area (Å²) in [6, 6.07) is 4.04. The highest BCUT2D eigenvalue weighted by Crippen LogP contribution is 2.22. The number of carboxylic acids is 1. The topological polar surface area (TPSA) is 162 Å². The number of nitrogens with one attached hydrogen (secondary N) is 1. The van der Waals surface area contributed by atoms with Crippen molar-refractivity contribution in [3.05, 3.63) is 29.3 Å². The first-order valence-electron chi connectivity index (χ1n) is 9.06. The smallest absolute Gasteiger partial charge is 0.320 e. The van der Waals surface area contributed by atoms with Gasteiger partial charge < -0.3 is 37.2 Å². The van der Waals surface area contributed by atoms with E-state index in [0.717, 1.165) is 12.8 Å². The molecule has 0 amide bonds. The van der Waals surface area contributed by atoms with Gasteiger partial charge in [-0.1, -0.05) is 12.5 Å². The van der Waals surface area contributed by atoms with Gasteiger partial charge in [-0.3, -0.25) is 4.79 Å². The van der Waals surface area contributed by atoms with Crippen molar-refractivity contribution in [1.29, 1.82) is 0 Å². The summed E-state index contributed by atoms with van der Waals surface area (Å²) in [4.78, 5) is 10.1. The molecule has 0 aliphatic rings. The number of aliphatic hydroxyl groups excluding tert-OH is 2. The summed E-state index contributed by atoms with van der Waals surface area (Å²) in [6.07, 6.45) is 1.51. The van der Waals surface area contributed by atoms with Gasteiger partial charge in [-0.05, 0) is 57.9 Å². The van der Waals surface area contributed by atoms with Crippen molar-refractivity contribution in [2.45, 2.75) is 64.3 Å². The fourth-order valence-electron chi connectivity index (χ4n) is 2.09. The molecule has 8 heteroatoms. The second kappa shape index (κ2) is 12.6. The summed E-state index contributed by atoms with van der Waals surface area (Å²) in [7, 11) is 0. The third kappa shape index (κ3) is 11.6. The predicted molar refractivity (Wildman–Crippen MR) is 105 cm³/mol. The molecular weight excluding hydrogens is 350 g/mol. The molecule has 2 atom stereocenters. The average Bonchev–Trinajstić information content (AvgIpc) is 2.60. The van der Waals surface area contributed by atoms with Crippen molar-refractivity contribution in [1.82, 2.24) is 5.32 Å². The van der Waals surface area contributed by atoms with Crippen LogP contribution in [0.15, 0.2) is 18.2 Å². The van der Waals surface area contributed by atoms with Gasteiger partial charge in [0.25, 0.3) is 0 Å². The number of unbranched alkanes of at least 4 members (excludes halogenated alkanes) is 1. The van der Waals surface area contributed by atoms with Crippen LogP contribution in [0.2, 0.25) is 0 Å². The average molecular weight is 386 g/mol. The molecule has 1 aromatic rings. The van der Waals surface area contributed by atoms with Crippen LogP contribution in [0, 0.1) is 0 Å². The lowest BCUT2D eigenvalue weighted by molar-refractivity contribution is -0.138. The standard InChI is InChI=1S/C13H21NO3.C6H14N2O2/c1-13(2,3)14-7-12(17)9-4-5-11(16)10(6-9)8-15;7-4-2-1-3-5(8)6(9)10/h4-6,12,14-17H,7-8H2,1-3H3;5H,1-4,7-8H2,(H,9,10)/t12-;5-/m00/s1. The second-order valence-corrected chi connectivity index (χ2v) is 7.42. The molecule has 0 radical (unpaired) electrons. The molecule has 1 aromatic carbocycles. The van der Waals surface area contributed by atoms with Crippen LogP contribution >= 0.6 is 0 Å². The SMILES string of the molecule is CC(C)(C)NC[C@H](O)c1ccc(O)c(CO)c1.NCCCC[C@H](N)C(=O)O. The Labute approximate surface area is 161 Å². The number of aliphatic hydroxyl groups is 2. The van der Waals surface area contributed by atoms with Crippen LogP contribution in [0.4, 0.5) is 0 Å². The van der Waals surface area contributed by atoms with E-state index in [1.54, 1.807) is 12.1 Å². The van der Waals surface area contributed by atoms with Crippen molar-refractivity contribution < 1.29 is 25.2 Å². The minimum absolute atomic E-state index is 0.0484. The lowest BCUT2D eigenvalue weighted by Gasteiger charge is -2.23. The van der Waals surface area contributed by atoms with Crippen molar-refractivity contribution in [3.8, 4) is 5.75 Å². The van der Waals surface area contributed by atoms with E-state index < -0.39 is 18.1 Å². The maximum Gasteiger partial charge on any atom is 0.320 e. The van der Waals surface area contributed by atoms with Crippen LogP contribution < -0.4 is 16.8 Å². The van der Waals surface area contributed by atoms with Crippen LogP contribution in [0.25, 0.3) is 0 Å². The molecule has 27 heavy (non-hydrogen) atoms. The number of hydrogen-bond acceptors (Lipinski definition) is 7. The van der Waals surface area contributed by atoms with Gasteiger partial charge in [-0.2, -0.15) is 0 Å². The number of aromatic hydroxyl groups is 1. The Balaban J connectivity index is 0.000000580. The Kier molecular flexibility index (Phi) is 11.8. The van der Waals surface area contributed by atoms with Crippen molar-refractivity contribution in [2.24, 2.45) is 11.5 Å². The highest BCUT2D eigenvalue weighted by Gasteiger charge is 2.14. The lowest BCUT2D eigenvalue weighted by Crippen LogP contribution is -2.38. The number of carboxylic acid groups (broad SMARTS) is 1. The summed E-state index contributed by atoms with van der Waals surface area (Å²) < 4.78 is 0. The van der Waals surface area contributed by atoms with Gasteiger partial charge in [-0.15, -0.1) is 0 Å². The lowest BCUT2D eigenvalue weighted by atomic mass is 10.0. The third-order valence-corrected chi connectivity index (χ3v) is 3.77. The van der Waals surface area contributed by atoms with Crippen LogP contribution in [0.3, 0.4) is 0 Å². The number of nitrogens with two attached hydrogens (primary N) is 2. The number of benzene rings is 1. The molecule has 0 aliphatic carbocycles. The number of hydrogen-bond donors (Lipinski definition) is 7. The van der Waals surface area contributed by atoms with E-state index in [4.69, 9.17) is 21.7 Å². The van der Waals surface area contributed by atoms with Crippen molar-refractivity contribution in [2.75, 3.05) is 13.1 Å². The molecule has 0 aromatic heterocycles. The first kappa shape index (κ1) is 25.3. The number of aliphatic carboxylic acids is 1. The number of phenols is 1. The highest BCUT2D eigenvalue weighted by molar-refractivity contribution is 5.72. The number of rotatable bonds is 9. The molecule has 9 N–H and O–H groups in total. The molecular formula is C19H35N3O5. The van der Waals surface area contributed by atoms with Gasteiger partial charge in [0, 0.05) is 17.6 Å². The van der Waals surface area contributed by atoms with Crippen LogP contribution in [-0.4, -0.2) is 51.1 Å². The van der Waals surface area contributed by atoms with Gasteiger partial charge in [0.15, 0.2) is 0 Å². The first-order chi connectivity index (χ1) is 12.5. The van der Waals surface area contributed by atoms with Gasteiger partial charge in [-0.25, -0.2) is 0 Å². The van der Waals surface area contributed by atoms with E-state index >= 15 is 0 Å². The molecule has 0 heterocycles. The molecule has 8 nitrogen and oxygen atoms in total. The molecule has 156 valence electrons. The Bertz CT molecular complexity index is 561. The fraction of sp³-hybridized carbons (Fsp3) is 0.632. The zero-order chi connectivity index (χ0) is 21.0. The predicted octanol–water partition coefficient (Wildman–Crippen LogP) is 0.833. The molecule has 0 bridgehead atoms. The molecule has 0 aliphatic heterocycles. The van der Waals surface area contributed by atoms with E-state index in [1.807, 2.05) is 20.8 Å². The van der Waals surface area contributed by atoms with Crippen LogP contribution in [-0.2, 0) is 11.4 Å². The largest absolute Gasteiger partial charge is 0.508 e. The zero-order valence-electron chi connectivity index (χ0n) is 16.5. The maximum atomic E-state index is 10.1. The minimum atomic E-state index is -0.933. The Morgan fingerprint density at radius 2 is 1.89 bits per heavy atom. The molecule has 0 saturated carbocycles. The van der Waals surface area contributed by atoms with E-state index in [2.05, 4.69) is 5.32 Å². The highest BCUT2D eigenvalue weighted by atomic mass is 16.4. The maximum absolute atomic E-state index is 10.1. The van der Waals surface area contributed by atoms with Crippen LogP contribution in [0.1, 0.15) is 57.3 Å². The quantitative estimate of drug-likeness (QED) is 0.307. The number of carbonyl (C=O) groups is 1. The summed E-state index contributed by atoms with van der Waals surface area (Å²) >= 11 is 0. The van der Waals surface area contributed by atoms with Crippen molar-refractivity contribution >= 4 is 5.97 Å². The Morgan fingerprint density at radius 3 is 2.37 bits per heavy atom. The Morgan fingerprint density at radius 1 is 1.26 bits per heavy atom. The van der Waals surface area contributed by atoms with Gasteiger partial charge in [0.05, 0.1) is 12.7 Å². The summed E-state index contributed by atoms with van der Waals surface area (Å²) in [5, 5.41) is 39.9. The monoisotopic (exact) mass is 385 g/mol. The molecule has 0 saturated heterocycles. The van der Waals surface area contributed by atoms with E-state index in [0.29, 0.717) is 30.6 Å². The molecule has 0 unspecified atom stereocenters. The molecule has 1 rings (SSSR count). The van der Waals surface area contributed by atoms with Gasteiger partial charge in [0.2, 0.25) is 0 Å². The summed E-state index contributed by atoms with van der Waals surface area (Å²) in [5.41, 5.74) is 11.5. The Hall–Kier alpha value is -1.71. The summed E-state index contributed by atoms with van der Waals surface area (Å²) in [5.74, 6) is -0.885. The minimum Gasteiger partial charge on any atom is -0.508 e. The van der Waals surface area contributed by atoms with Crippen LogP contribution in [0.5, 0.6) is 5.75 Å². The second-order valence-electron chi connectivity index (χ2n) is 7.42. The summed E-state index contributed by atoms with van der Waals surface area (Å²) in [6.45, 7) is 6.87.